The first kappa shape index (κ1) is 18.7. The summed E-state index contributed by atoms with van der Waals surface area (Å²) in [5, 5.41) is 9.52. The average molecular weight is 387 g/mol. The van der Waals surface area contributed by atoms with Gasteiger partial charge < -0.3 is 5.11 Å². The van der Waals surface area contributed by atoms with E-state index in [2.05, 4.69) is 5.43 Å². The van der Waals surface area contributed by atoms with Crippen LogP contribution in [-0.4, -0.2) is 21.7 Å². The van der Waals surface area contributed by atoms with Gasteiger partial charge in [-0.25, -0.2) is 4.39 Å². The minimum Gasteiger partial charge on any atom is -0.481 e. The number of aromatic nitrogens is 1. The number of carboxylic acids is 1. The normalized spacial score (nSPS) is 10.6. The maximum Gasteiger partial charge on any atom is 0.303 e. The number of rotatable bonds is 6. The third-order valence-electron chi connectivity index (χ3n) is 4.03. The van der Waals surface area contributed by atoms with Crippen LogP contribution in [0.5, 0.6) is 0 Å². The summed E-state index contributed by atoms with van der Waals surface area (Å²) in [6.07, 6.45) is 0.111. The summed E-state index contributed by atoms with van der Waals surface area (Å²) in [5.41, 5.74) is 4.56. The molecular weight excluding hydrogens is 371 g/mol. The quantitative estimate of drug-likeness (QED) is 0.661. The molecule has 1 aromatic heterocycles. The Labute approximate surface area is 160 Å². The highest BCUT2D eigenvalue weighted by molar-refractivity contribution is 6.30. The van der Waals surface area contributed by atoms with Gasteiger partial charge in [-0.15, -0.1) is 0 Å². The van der Waals surface area contributed by atoms with Crippen LogP contribution in [0.3, 0.4) is 0 Å². The summed E-state index contributed by atoms with van der Waals surface area (Å²) < 4.78 is 15.4. The van der Waals surface area contributed by atoms with E-state index in [1.54, 1.807) is 42.5 Å². The van der Waals surface area contributed by atoms with Gasteiger partial charge in [0, 0.05) is 22.7 Å². The SMILES string of the molecule is O=C(O)CCc1ccc(-c2ccc(Cl)cc2)n1NC(=O)c1ccccc1F. The van der Waals surface area contributed by atoms with Crippen LogP contribution in [0.1, 0.15) is 22.5 Å². The van der Waals surface area contributed by atoms with E-state index in [0.29, 0.717) is 16.4 Å². The number of carboxylic acid groups (broad SMARTS) is 1. The summed E-state index contributed by atoms with van der Waals surface area (Å²) in [6.45, 7) is 0. The first-order valence-corrected chi connectivity index (χ1v) is 8.58. The lowest BCUT2D eigenvalue weighted by Gasteiger charge is -2.15. The van der Waals surface area contributed by atoms with Gasteiger partial charge in [-0.05, 0) is 36.4 Å². The standard InChI is InChI=1S/C20H16ClFN2O3/c21-14-7-5-13(6-8-14)18-11-9-15(10-12-19(25)26)24(18)23-20(27)16-3-1-2-4-17(16)22/h1-9,11H,10,12H2,(H,23,27)(H,25,26). The highest BCUT2D eigenvalue weighted by Crippen LogP contribution is 2.24. The molecule has 3 rings (SSSR count). The molecule has 3 aromatic rings. The molecule has 0 saturated carbocycles. The molecule has 0 fully saturated rings. The average Bonchev–Trinajstić information content (AvgIpc) is 3.03. The minimum absolute atomic E-state index is 0.0976. The summed E-state index contributed by atoms with van der Waals surface area (Å²) in [7, 11) is 0. The molecule has 1 heterocycles. The fraction of sp³-hybridized carbons (Fsp3) is 0.100. The lowest BCUT2D eigenvalue weighted by atomic mass is 10.1. The molecule has 138 valence electrons. The van der Waals surface area contributed by atoms with Crippen LogP contribution >= 0.6 is 11.6 Å². The Hall–Kier alpha value is -3.12. The first-order valence-electron chi connectivity index (χ1n) is 8.20. The maximum atomic E-state index is 13.9. The number of halogens is 2. The Morgan fingerprint density at radius 1 is 1.04 bits per heavy atom. The van der Waals surface area contributed by atoms with E-state index in [-0.39, 0.29) is 18.4 Å². The molecule has 0 spiro atoms. The number of amides is 1. The molecule has 7 heteroatoms. The number of nitrogens with one attached hydrogen (secondary N) is 1. The van der Waals surface area contributed by atoms with Gasteiger partial charge in [0.2, 0.25) is 0 Å². The molecule has 0 aliphatic carbocycles. The maximum absolute atomic E-state index is 13.9. The summed E-state index contributed by atoms with van der Waals surface area (Å²) in [6, 6.07) is 16.1. The molecule has 0 saturated heterocycles. The summed E-state index contributed by atoms with van der Waals surface area (Å²) in [4.78, 5) is 23.5. The van der Waals surface area contributed by atoms with E-state index in [0.717, 1.165) is 5.56 Å². The van der Waals surface area contributed by atoms with Gasteiger partial charge in [-0.2, -0.15) is 0 Å². The van der Waals surface area contributed by atoms with Crippen molar-refractivity contribution >= 4 is 23.5 Å². The summed E-state index contributed by atoms with van der Waals surface area (Å²) >= 11 is 5.93. The molecule has 0 radical (unpaired) electrons. The minimum atomic E-state index is -0.948. The second-order valence-corrected chi connectivity index (χ2v) is 6.30. The van der Waals surface area contributed by atoms with Crippen LogP contribution < -0.4 is 5.43 Å². The Morgan fingerprint density at radius 2 is 1.74 bits per heavy atom. The smallest absolute Gasteiger partial charge is 0.303 e. The number of nitrogens with zero attached hydrogens (tertiary/aromatic N) is 1. The van der Waals surface area contributed by atoms with Crippen LogP contribution in [0.4, 0.5) is 4.39 Å². The Morgan fingerprint density at radius 3 is 2.41 bits per heavy atom. The zero-order valence-electron chi connectivity index (χ0n) is 14.2. The van der Waals surface area contributed by atoms with E-state index < -0.39 is 17.7 Å². The van der Waals surface area contributed by atoms with Crippen molar-refractivity contribution in [3.8, 4) is 11.3 Å². The molecule has 0 bridgehead atoms. The molecule has 0 unspecified atom stereocenters. The van der Waals surface area contributed by atoms with Gasteiger partial charge in [0.1, 0.15) is 5.82 Å². The molecule has 1 amide bonds. The number of hydrogen-bond donors (Lipinski definition) is 2. The van der Waals surface area contributed by atoms with Gasteiger partial charge >= 0.3 is 5.97 Å². The largest absolute Gasteiger partial charge is 0.481 e. The van der Waals surface area contributed by atoms with Gasteiger partial charge in [0.25, 0.3) is 5.91 Å². The molecule has 5 nitrogen and oxygen atoms in total. The van der Waals surface area contributed by atoms with Crippen molar-refractivity contribution in [3.63, 3.8) is 0 Å². The number of hydrogen-bond acceptors (Lipinski definition) is 2. The van der Waals surface area contributed by atoms with Gasteiger partial charge in [-0.1, -0.05) is 35.9 Å². The highest BCUT2D eigenvalue weighted by Gasteiger charge is 2.16. The van der Waals surface area contributed by atoms with Crippen molar-refractivity contribution in [1.29, 1.82) is 0 Å². The van der Waals surface area contributed by atoms with Crippen LogP contribution in [0.25, 0.3) is 11.3 Å². The van der Waals surface area contributed by atoms with Gasteiger partial charge in [-0.3, -0.25) is 19.7 Å². The lowest BCUT2D eigenvalue weighted by molar-refractivity contribution is -0.136. The number of aryl methyl sites for hydroxylation is 1. The van der Waals surface area contributed by atoms with E-state index >= 15 is 0 Å². The Kier molecular flexibility index (Phi) is 5.57. The second kappa shape index (κ2) is 8.05. The first-order chi connectivity index (χ1) is 13.0. The number of carbonyl (C=O) groups is 2. The molecule has 0 aliphatic heterocycles. The zero-order valence-corrected chi connectivity index (χ0v) is 14.9. The van der Waals surface area contributed by atoms with Crippen molar-refractivity contribution in [2.45, 2.75) is 12.8 Å². The van der Waals surface area contributed by atoms with E-state index in [1.807, 2.05) is 0 Å². The van der Waals surface area contributed by atoms with Crippen molar-refractivity contribution in [2.75, 3.05) is 5.43 Å². The second-order valence-electron chi connectivity index (χ2n) is 5.87. The lowest BCUT2D eigenvalue weighted by Crippen LogP contribution is -2.26. The topological polar surface area (TPSA) is 71.3 Å². The predicted octanol–water partition coefficient (Wildman–Crippen LogP) is 4.35. The predicted molar refractivity (Wildman–Crippen MR) is 101 cm³/mol. The van der Waals surface area contributed by atoms with Crippen LogP contribution in [0.2, 0.25) is 5.02 Å². The van der Waals surface area contributed by atoms with Crippen LogP contribution in [-0.2, 0) is 11.2 Å². The zero-order chi connectivity index (χ0) is 19.4. The fourth-order valence-corrected chi connectivity index (χ4v) is 2.82. The Balaban J connectivity index is 1.98. The van der Waals surface area contributed by atoms with Crippen molar-refractivity contribution in [3.05, 3.63) is 82.8 Å². The molecule has 2 N–H and O–H groups in total. The monoisotopic (exact) mass is 386 g/mol. The molecule has 27 heavy (non-hydrogen) atoms. The van der Waals surface area contributed by atoms with Crippen LogP contribution in [0, 0.1) is 5.82 Å². The van der Waals surface area contributed by atoms with Crippen LogP contribution in [0.15, 0.2) is 60.7 Å². The van der Waals surface area contributed by atoms with E-state index in [9.17, 15) is 14.0 Å². The number of benzene rings is 2. The van der Waals surface area contributed by atoms with Gasteiger partial charge in [0.15, 0.2) is 0 Å². The number of carbonyl (C=O) groups excluding carboxylic acids is 1. The van der Waals surface area contributed by atoms with Gasteiger partial charge in [0.05, 0.1) is 17.7 Å². The Bertz CT molecular complexity index is 983. The third-order valence-corrected chi connectivity index (χ3v) is 4.28. The highest BCUT2D eigenvalue weighted by atomic mass is 35.5. The molecular formula is C20H16ClFN2O3. The third kappa shape index (κ3) is 4.35. The molecule has 0 atom stereocenters. The van der Waals surface area contributed by atoms with E-state index in [1.165, 1.54) is 22.9 Å². The molecule has 0 aliphatic rings. The molecule has 2 aromatic carbocycles. The van der Waals surface area contributed by atoms with E-state index in [4.69, 9.17) is 16.7 Å². The fourth-order valence-electron chi connectivity index (χ4n) is 2.69. The van der Waals surface area contributed by atoms with Crippen molar-refractivity contribution in [1.82, 2.24) is 4.68 Å². The number of aliphatic carboxylic acids is 1. The summed E-state index contributed by atoms with van der Waals surface area (Å²) in [5.74, 6) is -2.21. The van der Waals surface area contributed by atoms with Crippen molar-refractivity contribution in [2.24, 2.45) is 0 Å². The van der Waals surface area contributed by atoms with Crippen molar-refractivity contribution < 1.29 is 19.1 Å².